The van der Waals surface area contributed by atoms with E-state index in [0.29, 0.717) is 5.92 Å². The Hall–Kier alpha value is -1.16. The van der Waals surface area contributed by atoms with Crippen LogP contribution >= 0.6 is 0 Å². The number of rotatable bonds is 6. The van der Waals surface area contributed by atoms with Gasteiger partial charge >= 0.3 is 0 Å². The molecule has 0 aliphatic heterocycles. The summed E-state index contributed by atoms with van der Waals surface area (Å²) in [7, 11) is 0. The first-order valence-electron chi connectivity index (χ1n) is 10.5. The zero-order valence-corrected chi connectivity index (χ0v) is 16.6. The van der Waals surface area contributed by atoms with E-state index in [1.165, 1.54) is 44.2 Å². The van der Waals surface area contributed by atoms with Gasteiger partial charge in [-0.1, -0.05) is 13.3 Å². The van der Waals surface area contributed by atoms with Crippen molar-refractivity contribution in [1.82, 2.24) is 0 Å². The lowest BCUT2D eigenvalue weighted by Gasteiger charge is -2.38. The van der Waals surface area contributed by atoms with Crippen molar-refractivity contribution in [2.24, 2.45) is 11.8 Å². The van der Waals surface area contributed by atoms with Gasteiger partial charge in [0.05, 0.1) is 12.7 Å². The van der Waals surface area contributed by atoms with Crippen LogP contribution in [0.4, 0.5) is 8.78 Å². The van der Waals surface area contributed by atoms with Crippen LogP contribution in [-0.2, 0) is 0 Å². The zero-order chi connectivity index (χ0) is 19.4. The van der Waals surface area contributed by atoms with E-state index in [0.717, 1.165) is 37.5 Å². The lowest BCUT2D eigenvalue weighted by molar-refractivity contribution is 0.154. The Morgan fingerprint density at radius 3 is 2.26 bits per heavy atom. The number of benzene rings is 1. The van der Waals surface area contributed by atoms with Gasteiger partial charge in [0, 0.05) is 11.5 Å². The molecule has 3 rings (SSSR count). The molecule has 4 heteroatoms. The molecule has 2 radical (unpaired) electrons. The van der Waals surface area contributed by atoms with E-state index in [1.807, 2.05) is 0 Å². The van der Waals surface area contributed by atoms with Crippen molar-refractivity contribution in [3.63, 3.8) is 0 Å². The highest BCUT2D eigenvalue weighted by molar-refractivity contribution is 5.34. The quantitative estimate of drug-likeness (QED) is 0.626. The van der Waals surface area contributed by atoms with Crippen molar-refractivity contribution >= 4 is 0 Å². The van der Waals surface area contributed by atoms with Gasteiger partial charge < -0.3 is 9.84 Å². The molecule has 1 aromatic rings. The summed E-state index contributed by atoms with van der Waals surface area (Å²) in [5, 5.41) is 10.6. The van der Waals surface area contributed by atoms with Crippen LogP contribution in [0.1, 0.15) is 83.3 Å². The number of aliphatic hydroxyl groups is 1. The van der Waals surface area contributed by atoms with Gasteiger partial charge in [-0.05, 0) is 88.2 Å². The van der Waals surface area contributed by atoms with Crippen molar-refractivity contribution in [3.8, 4) is 5.75 Å². The maximum Gasteiger partial charge on any atom is 0.200 e. The van der Waals surface area contributed by atoms with Crippen LogP contribution in [0, 0.1) is 35.3 Å². The Morgan fingerprint density at radius 2 is 1.67 bits per heavy atom. The Morgan fingerprint density at radius 1 is 1.00 bits per heavy atom. The van der Waals surface area contributed by atoms with Crippen molar-refractivity contribution in [1.29, 1.82) is 0 Å². The van der Waals surface area contributed by atoms with E-state index in [1.54, 1.807) is 12.8 Å². The summed E-state index contributed by atoms with van der Waals surface area (Å²) in [6, 6.07) is 2.86. The molecular weight excluding hydrogens is 346 g/mol. The van der Waals surface area contributed by atoms with Gasteiger partial charge in [-0.15, -0.1) is 0 Å². The van der Waals surface area contributed by atoms with E-state index < -0.39 is 17.7 Å². The molecule has 0 saturated heterocycles. The molecule has 1 atom stereocenters. The number of hydrogen-bond donors (Lipinski definition) is 1. The van der Waals surface area contributed by atoms with Crippen LogP contribution in [0.3, 0.4) is 0 Å². The SMILES string of the molecule is CCOc1ccc(C(O)[C]2CCC([C]3CCC(CC)CC3)CC2)c(F)c1F. The minimum atomic E-state index is -1.03. The first-order chi connectivity index (χ1) is 13.0. The summed E-state index contributed by atoms with van der Waals surface area (Å²) in [6.45, 7) is 4.28. The van der Waals surface area contributed by atoms with Crippen LogP contribution in [0.2, 0.25) is 0 Å². The van der Waals surface area contributed by atoms with Gasteiger partial charge in [-0.25, -0.2) is 4.39 Å². The number of ether oxygens (including phenoxy) is 1. The monoisotopic (exact) mass is 378 g/mol. The predicted octanol–water partition coefficient (Wildman–Crippen LogP) is 6.34. The second-order valence-corrected chi connectivity index (χ2v) is 8.06. The molecule has 1 aromatic carbocycles. The lowest BCUT2D eigenvalue weighted by atomic mass is 9.68. The molecular formula is C23H32F2O2. The fourth-order valence-electron chi connectivity index (χ4n) is 4.78. The predicted molar refractivity (Wildman–Crippen MR) is 103 cm³/mol. The minimum Gasteiger partial charge on any atom is -0.491 e. The highest BCUT2D eigenvalue weighted by Crippen LogP contribution is 2.46. The van der Waals surface area contributed by atoms with Gasteiger partial charge in [0.15, 0.2) is 11.6 Å². The van der Waals surface area contributed by atoms with Gasteiger partial charge in [-0.3, -0.25) is 0 Å². The highest BCUT2D eigenvalue weighted by Gasteiger charge is 2.34. The third-order valence-corrected chi connectivity index (χ3v) is 6.59. The molecule has 0 spiro atoms. The van der Waals surface area contributed by atoms with Crippen molar-refractivity contribution in [3.05, 3.63) is 41.2 Å². The Balaban J connectivity index is 1.57. The highest BCUT2D eigenvalue weighted by atomic mass is 19.2. The summed E-state index contributed by atoms with van der Waals surface area (Å²) in [6.07, 6.45) is 9.03. The summed E-state index contributed by atoms with van der Waals surface area (Å²) in [4.78, 5) is 0. The van der Waals surface area contributed by atoms with Gasteiger partial charge in [0.1, 0.15) is 0 Å². The second kappa shape index (κ2) is 9.36. The molecule has 2 aliphatic carbocycles. The van der Waals surface area contributed by atoms with Crippen LogP contribution < -0.4 is 4.74 Å². The first kappa shape index (κ1) is 20.6. The maximum absolute atomic E-state index is 14.4. The fraction of sp³-hybridized carbons (Fsp3) is 0.652. The molecule has 0 amide bonds. The van der Waals surface area contributed by atoms with Gasteiger partial charge in [0.2, 0.25) is 5.82 Å². The zero-order valence-electron chi connectivity index (χ0n) is 16.6. The first-order valence-corrected chi connectivity index (χ1v) is 10.5. The topological polar surface area (TPSA) is 29.5 Å². The molecule has 2 saturated carbocycles. The van der Waals surface area contributed by atoms with Gasteiger partial charge in [-0.2, -0.15) is 4.39 Å². The average Bonchev–Trinajstić information content (AvgIpc) is 2.71. The van der Waals surface area contributed by atoms with Crippen LogP contribution in [0.25, 0.3) is 0 Å². The second-order valence-electron chi connectivity index (χ2n) is 8.06. The van der Waals surface area contributed by atoms with Crippen molar-refractivity contribution in [2.75, 3.05) is 6.61 Å². The van der Waals surface area contributed by atoms with Crippen molar-refractivity contribution in [2.45, 2.75) is 77.7 Å². The maximum atomic E-state index is 14.4. The molecule has 150 valence electrons. The summed E-state index contributed by atoms with van der Waals surface area (Å²) in [5.74, 6) is 2.06. The van der Waals surface area contributed by atoms with Crippen LogP contribution in [-0.4, -0.2) is 11.7 Å². The fourth-order valence-corrected chi connectivity index (χ4v) is 4.78. The Bertz CT molecular complexity index is 603. The third-order valence-electron chi connectivity index (χ3n) is 6.59. The number of halogens is 2. The largest absolute Gasteiger partial charge is 0.491 e. The number of hydrogen-bond acceptors (Lipinski definition) is 2. The lowest BCUT2D eigenvalue weighted by Crippen LogP contribution is -2.26. The van der Waals surface area contributed by atoms with Crippen molar-refractivity contribution < 1.29 is 18.6 Å². The van der Waals surface area contributed by atoms with Crippen LogP contribution in [0.5, 0.6) is 5.75 Å². The summed E-state index contributed by atoms with van der Waals surface area (Å²) < 4.78 is 33.6. The molecule has 27 heavy (non-hydrogen) atoms. The molecule has 2 nitrogen and oxygen atoms in total. The van der Waals surface area contributed by atoms with Crippen LogP contribution in [0.15, 0.2) is 12.1 Å². The normalized spacial score (nSPS) is 22.1. The van der Waals surface area contributed by atoms with E-state index in [-0.39, 0.29) is 17.9 Å². The van der Waals surface area contributed by atoms with E-state index >= 15 is 0 Å². The molecule has 1 unspecified atom stereocenters. The number of aliphatic hydroxyl groups excluding tert-OH is 1. The molecule has 0 bridgehead atoms. The molecule has 1 N–H and O–H groups in total. The average molecular weight is 379 g/mol. The minimum absolute atomic E-state index is 0.0283. The van der Waals surface area contributed by atoms with E-state index in [2.05, 4.69) is 6.92 Å². The van der Waals surface area contributed by atoms with Gasteiger partial charge in [0.25, 0.3) is 0 Å². The smallest absolute Gasteiger partial charge is 0.200 e. The third kappa shape index (κ3) is 4.64. The Labute approximate surface area is 162 Å². The molecule has 2 aliphatic rings. The van der Waals surface area contributed by atoms with E-state index in [9.17, 15) is 13.9 Å². The molecule has 0 aromatic heterocycles. The molecule has 0 heterocycles. The van der Waals surface area contributed by atoms with E-state index in [4.69, 9.17) is 4.74 Å². The molecule has 2 fully saturated rings. The Kier molecular flexibility index (Phi) is 7.13. The standard InChI is InChI=1S/C23H32F2O2/c1-3-15-5-7-16(8-6-15)17-9-11-18(12-10-17)23(26)19-13-14-20(27-4-2)22(25)21(19)24/h13-15,17,23,26H,3-12H2,1-2H3. The summed E-state index contributed by atoms with van der Waals surface area (Å²) >= 11 is 0. The summed E-state index contributed by atoms with van der Waals surface area (Å²) in [5.41, 5.74) is 0.0283.